The molecule has 3 heterocycles. The molecule has 7 aromatic rings. The zero-order valence-corrected chi connectivity index (χ0v) is 36.4. The van der Waals surface area contributed by atoms with Crippen LogP contribution < -0.4 is 26.2 Å². The van der Waals surface area contributed by atoms with Gasteiger partial charge in [-0.2, -0.15) is 4.57 Å². The molecule has 0 saturated heterocycles. The number of aryl methyl sites for hydroxylation is 1. The minimum absolute atomic E-state index is 0.0351. The molecule has 0 bridgehead atoms. The van der Waals surface area contributed by atoms with Crippen LogP contribution in [0.5, 0.6) is 5.75 Å². The Morgan fingerprint density at radius 2 is 1.64 bits per heavy atom. The van der Waals surface area contributed by atoms with E-state index in [9.17, 15) is 9.59 Å². The van der Waals surface area contributed by atoms with Crippen LogP contribution in [0, 0.1) is 0 Å². The number of thioether (sulfide) groups is 1. The highest BCUT2D eigenvalue weighted by Gasteiger charge is 2.28. The van der Waals surface area contributed by atoms with Crippen molar-refractivity contribution in [3.63, 3.8) is 0 Å². The number of amides is 1. The molecular weight excluding hydrogens is 855 g/mol. The third-order valence-electron chi connectivity index (χ3n) is 9.79. The standard InChI is InChI=1S/C24H22Cl3N5O4S.C21H19N3/c1-2-9-37-24-29-28-22(32(24)30-23(34)19(33)12-25)13-35-20-6-4-3-5-16(20)18-11-21(36-31-18)15-8-7-14(26)10-17(15)27;1-2-24-20-13-16(23)9-11-18(20)17-10-8-15(22)12-19(17)21(24)14-6-4-3-5-7-14/h3-8,10,21H,2,9,11-13H2,1H3,(H,30,34);3-13,23H,2,22H2,1H3/p+1. The van der Waals surface area contributed by atoms with Crippen LogP contribution in [0.3, 0.4) is 0 Å². The van der Waals surface area contributed by atoms with Crippen LogP contribution >= 0.6 is 46.6 Å². The number of aromatic nitrogens is 4. The van der Waals surface area contributed by atoms with Gasteiger partial charge in [-0.25, -0.2) is 4.68 Å². The minimum Gasteiger partial charge on any atom is -0.485 e. The van der Waals surface area contributed by atoms with E-state index in [1.54, 1.807) is 18.2 Å². The number of para-hydroxylation sites is 1. The number of halogens is 3. The zero-order chi connectivity index (χ0) is 43.0. The van der Waals surface area contributed by atoms with Gasteiger partial charge in [-0.3, -0.25) is 15.0 Å². The maximum Gasteiger partial charge on any atom is 0.307 e. The number of Topliss-reactive ketones (excluding diaryl/α,β-unsaturated/α-hetero) is 1. The Balaban J connectivity index is 0.000000201. The first kappa shape index (κ1) is 43.2. The lowest BCUT2D eigenvalue weighted by Crippen LogP contribution is -2.36. The number of ketones is 1. The van der Waals surface area contributed by atoms with Gasteiger partial charge in [0.1, 0.15) is 18.9 Å². The highest BCUT2D eigenvalue weighted by atomic mass is 35.5. The van der Waals surface area contributed by atoms with Gasteiger partial charge < -0.3 is 21.0 Å². The Labute approximate surface area is 371 Å². The summed E-state index contributed by atoms with van der Waals surface area (Å²) in [6, 6.07) is 35.3. The first-order valence-electron chi connectivity index (χ1n) is 19.5. The maximum atomic E-state index is 12.2. The first-order valence-corrected chi connectivity index (χ1v) is 21.7. The normalized spacial score (nSPS) is 13.3. The highest BCUT2D eigenvalue weighted by molar-refractivity contribution is 7.99. The number of carbonyl (C=O) groups excluding carboxylic acids is 2. The molecule has 1 amide bonds. The molecule has 0 aliphatic carbocycles. The molecule has 0 fully saturated rings. The van der Waals surface area contributed by atoms with Crippen molar-refractivity contribution in [2.45, 2.75) is 51.1 Å². The number of oxime groups is 1. The third-order valence-corrected chi connectivity index (χ3v) is 11.7. The van der Waals surface area contributed by atoms with Crippen molar-refractivity contribution >= 4 is 97.0 Å². The van der Waals surface area contributed by atoms with Crippen LogP contribution in [0.2, 0.25) is 10.0 Å². The average Bonchev–Trinajstić information content (AvgIpc) is 3.91. The zero-order valence-electron chi connectivity index (χ0n) is 33.3. The molecule has 0 radical (unpaired) electrons. The Bertz CT molecular complexity index is 2770. The van der Waals surface area contributed by atoms with E-state index in [-0.39, 0.29) is 12.7 Å². The average molecular weight is 897 g/mol. The summed E-state index contributed by atoms with van der Waals surface area (Å²) < 4.78 is 9.74. The highest BCUT2D eigenvalue weighted by Crippen LogP contribution is 2.37. The number of fused-ring (bicyclic) bond motifs is 3. The summed E-state index contributed by atoms with van der Waals surface area (Å²) in [6.45, 7) is 5.00. The van der Waals surface area contributed by atoms with Crippen LogP contribution in [0.15, 0.2) is 120 Å². The number of nitrogen functional groups attached to an aromatic ring is 2. The number of hydrogen-bond donors (Lipinski definition) is 3. The fraction of sp³-hybridized carbons (Fsp3) is 0.200. The topological polar surface area (TPSA) is 164 Å². The second-order valence-electron chi connectivity index (χ2n) is 13.9. The van der Waals surface area contributed by atoms with Crippen LogP contribution in [0.25, 0.3) is 32.9 Å². The van der Waals surface area contributed by atoms with Crippen LogP contribution in [0.1, 0.15) is 49.7 Å². The van der Waals surface area contributed by atoms with Crippen molar-refractivity contribution in [1.29, 1.82) is 0 Å². The molecule has 312 valence electrons. The smallest absolute Gasteiger partial charge is 0.307 e. The molecule has 0 saturated carbocycles. The van der Waals surface area contributed by atoms with Crippen LogP contribution in [0.4, 0.5) is 11.4 Å². The van der Waals surface area contributed by atoms with E-state index in [0.717, 1.165) is 46.7 Å². The van der Waals surface area contributed by atoms with Crippen molar-refractivity contribution in [1.82, 2.24) is 14.9 Å². The van der Waals surface area contributed by atoms with E-state index in [4.69, 9.17) is 55.8 Å². The molecule has 5 aromatic carbocycles. The molecule has 8 rings (SSSR count). The molecule has 1 atom stereocenters. The monoisotopic (exact) mass is 895 g/mol. The van der Waals surface area contributed by atoms with Crippen LogP contribution in [-0.4, -0.2) is 43.9 Å². The van der Waals surface area contributed by atoms with Crippen molar-refractivity contribution in [2.75, 3.05) is 28.5 Å². The molecule has 1 unspecified atom stereocenters. The van der Waals surface area contributed by atoms with Gasteiger partial charge in [0, 0.05) is 61.7 Å². The second-order valence-corrected chi connectivity index (χ2v) is 16.1. The third kappa shape index (κ3) is 9.71. The first-order chi connectivity index (χ1) is 29.6. The van der Waals surface area contributed by atoms with E-state index >= 15 is 0 Å². The molecule has 1 aliphatic heterocycles. The Morgan fingerprint density at radius 1 is 0.902 bits per heavy atom. The number of nitrogens with one attached hydrogen (secondary N) is 1. The van der Waals surface area contributed by atoms with E-state index in [2.05, 4.69) is 80.8 Å². The van der Waals surface area contributed by atoms with Crippen molar-refractivity contribution in [2.24, 2.45) is 5.16 Å². The van der Waals surface area contributed by atoms with Gasteiger partial charge >= 0.3 is 5.91 Å². The summed E-state index contributed by atoms with van der Waals surface area (Å²) in [6.07, 6.45) is 1.01. The molecule has 0 spiro atoms. The predicted octanol–water partition coefficient (Wildman–Crippen LogP) is 9.54. The van der Waals surface area contributed by atoms with Gasteiger partial charge in [0.25, 0.3) is 0 Å². The number of carbonyl (C=O) groups is 2. The number of anilines is 2. The summed E-state index contributed by atoms with van der Waals surface area (Å²) in [4.78, 5) is 29.6. The molecule has 61 heavy (non-hydrogen) atoms. The molecule has 12 nitrogen and oxygen atoms in total. The lowest BCUT2D eigenvalue weighted by atomic mass is 9.98. The number of nitrogens with two attached hydrogens (primary N) is 2. The van der Waals surface area contributed by atoms with Gasteiger partial charge in [-0.05, 0) is 74.0 Å². The van der Waals surface area contributed by atoms with E-state index < -0.39 is 17.6 Å². The number of hydrogen-bond acceptors (Lipinski definition) is 10. The fourth-order valence-electron chi connectivity index (χ4n) is 6.95. The largest absolute Gasteiger partial charge is 0.485 e. The number of pyridine rings is 1. The van der Waals surface area contributed by atoms with Gasteiger partial charge in [-0.15, -0.1) is 21.8 Å². The number of nitrogens with zero attached hydrogens (tertiary/aromatic N) is 5. The van der Waals surface area contributed by atoms with Crippen molar-refractivity contribution in [3.8, 4) is 17.0 Å². The second kappa shape index (κ2) is 19.7. The summed E-state index contributed by atoms with van der Waals surface area (Å²) >= 11 is 19.3. The fourth-order valence-corrected chi connectivity index (χ4v) is 8.37. The van der Waals surface area contributed by atoms with E-state index in [0.29, 0.717) is 38.9 Å². The summed E-state index contributed by atoms with van der Waals surface area (Å²) in [5.74, 6) is -0.475. The van der Waals surface area contributed by atoms with Crippen molar-refractivity contribution < 1.29 is 23.7 Å². The molecule has 5 N–H and O–H groups in total. The summed E-state index contributed by atoms with van der Waals surface area (Å²) in [5, 5.41) is 17.6. The minimum atomic E-state index is -0.862. The SMILES string of the molecule is CCCSc1nnc(COc2ccccc2C2=NOC(c3ccc(Cl)cc3Cl)C2)n1NC(=O)C(=O)CCl.CC[n+]1c(-c2ccccc2)c2cc(N)ccc2c2ccc(N)cc21. The predicted molar refractivity (Wildman–Crippen MR) is 245 cm³/mol. The Morgan fingerprint density at radius 3 is 2.38 bits per heavy atom. The number of benzene rings is 5. The molecular formula is C45H42Cl3N8O4S+. The van der Waals surface area contributed by atoms with E-state index in [1.807, 2.05) is 49.4 Å². The van der Waals surface area contributed by atoms with Gasteiger partial charge in [0.15, 0.2) is 11.9 Å². The lowest BCUT2D eigenvalue weighted by molar-refractivity contribution is -0.655. The number of rotatable bonds is 13. The lowest BCUT2D eigenvalue weighted by Gasteiger charge is -2.13. The molecule has 16 heteroatoms. The Kier molecular flexibility index (Phi) is 13.9. The van der Waals surface area contributed by atoms with Gasteiger partial charge in [0.2, 0.25) is 22.2 Å². The summed E-state index contributed by atoms with van der Waals surface area (Å²) in [5.41, 5.74) is 22.0. The maximum absolute atomic E-state index is 12.2. The quantitative estimate of drug-likeness (QED) is 0.0256. The molecule has 2 aromatic heterocycles. The summed E-state index contributed by atoms with van der Waals surface area (Å²) in [7, 11) is 0. The number of alkyl halides is 1. The van der Waals surface area contributed by atoms with Crippen molar-refractivity contribution in [3.05, 3.63) is 136 Å². The molecule has 1 aliphatic rings. The number of ether oxygens (including phenoxy) is 1. The van der Waals surface area contributed by atoms with Gasteiger partial charge in [-0.1, -0.05) is 89.5 Å². The van der Waals surface area contributed by atoms with Gasteiger partial charge in [0.05, 0.1) is 22.4 Å². The van der Waals surface area contributed by atoms with Crippen LogP contribution in [-0.2, 0) is 27.6 Å². The van der Waals surface area contributed by atoms with E-state index in [1.165, 1.54) is 43.9 Å². The Hall–Kier alpha value is -5.86.